The molecule has 0 aromatic heterocycles. The van der Waals surface area contributed by atoms with Crippen molar-refractivity contribution in [2.75, 3.05) is 19.6 Å². The van der Waals surface area contributed by atoms with Crippen LogP contribution in [0.2, 0.25) is 0 Å². The molecule has 0 aromatic carbocycles. The van der Waals surface area contributed by atoms with E-state index in [1.807, 2.05) is 6.08 Å². The van der Waals surface area contributed by atoms with Gasteiger partial charge in [0.1, 0.15) is 0 Å². The first-order chi connectivity index (χ1) is 5.34. The third kappa shape index (κ3) is 2.64. The second-order valence-corrected chi connectivity index (χ2v) is 3.19. The van der Waals surface area contributed by atoms with Crippen molar-refractivity contribution in [3.63, 3.8) is 0 Å². The predicted molar refractivity (Wildman–Crippen MR) is 48.5 cm³/mol. The minimum absolute atomic E-state index is 0.669. The van der Waals surface area contributed by atoms with E-state index in [0.29, 0.717) is 6.54 Å². The van der Waals surface area contributed by atoms with Gasteiger partial charge < -0.3 is 5.73 Å². The number of hydrogen-bond acceptors (Lipinski definition) is 2. The molecule has 1 aliphatic rings. The van der Waals surface area contributed by atoms with Gasteiger partial charge in [-0.1, -0.05) is 12.2 Å². The Morgan fingerprint density at radius 3 is 2.91 bits per heavy atom. The highest BCUT2D eigenvalue weighted by molar-refractivity contribution is 4.88. The van der Waals surface area contributed by atoms with E-state index in [1.165, 1.54) is 19.4 Å². The molecular weight excluding hydrogens is 136 g/mol. The Morgan fingerprint density at radius 1 is 1.55 bits per heavy atom. The van der Waals surface area contributed by atoms with Gasteiger partial charge in [0.15, 0.2) is 0 Å². The maximum Gasteiger partial charge on any atom is 0.0166 e. The van der Waals surface area contributed by atoms with Crippen molar-refractivity contribution in [1.29, 1.82) is 0 Å². The van der Waals surface area contributed by atoms with E-state index in [0.717, 1.165) is 12.6 Å². The van der Waals surface area contributed by atoms with Crippen molar-refractivity contribution < 1.29 is 0 Å². The number of nitrogens with zero attached hydrogens (tertiary/aromatic N) is 1. The summed E-state index contributed by atoms with van der Waals surface area (Å²) in [6.07, 6.45) is 6.92. The van der Waals surface area contributed by atoms with Crippen LogP contribution in [0.4, 0.5) is 0 Å². The van der Waals surface area contributed by atoms with Gasteiger partial charge in [-0.15, -0.1) is 0 Å². The van der Waals surface area contributed by atoms with Gasteiger partial charge in [-0.25, -0.2) is 0 Å². The zero-order valence-corrected chi connectivity index (χ0v) is 7.29. The molecule has 1 heterocycles. The Bertz CT molecular complexity index is 132. The van der Waals surface area contributed by atoms with Crippen molar-refractivity contribution in [3.05, 3.63) is 12.2 Å². The van der Waals surface area contributed by atoms with Crippen molar-refractivity contribution in [3.8, 4) is 0 Å². The molecule has 0 saturated carbocycles. The van der Waals surface area contributed by atoms with Crippen molar-refractivity contribution in [2.45, 2.75) is 25.8 Å². The Morgan fingerprint density at radius 2 is 2.36 bits per heavy atom. The minimum atomic E-state index is 0.669. The summed E-state index contributed by atoms with van der Waals surface area (Å²) in [5, 5.41) is 0. The maximum atomic E-state index is 5.34. The molecule has 1 aliphatic heterocycles. The topological polar surface area (TPSA) is 29.3 Å². The molecule has 0 bridgehead atoms. The number of nitrogens with two attached hydrogens (primary N) is 1. The first kappa shape index (κ1) is 8.75. The molecule has 1 fully saturated rings. The standard InChI is InChI=1S/C9H18N2/c1-9-5-4-8-11(9)7-3-2-6-10/h2-3,9H,4-8,10H2,1H3. The molecule has 0 radical (unpaired) electrons. The van der Waals surface area contributed by atoms with E-state index in [4.69, 9.17) is 5.73 Å². The Hall–Kier alpha value is -0.340. The molecular formula is C9H18N2. The van der Waals surface area contributed by atoms with Gasteiger partial charge in [-0.05, 0) is 26.3 Å². The summed E-state index contributed by atoms with van der Waals surface area (Å²) >= 11 is 0. The normalized spacial score (nSPS) is 26.9. The highest BCUT2D eigenvalue weighted by Gasteiger charge is 2.17. The third-order valence-electron chi connectivity index (χ3n) is 2.33. The molecule has 11 heavy (non-hydrogen) atoms. The van der Waals surface area contributed by atoms with Crippen LogP contribution in [0.1, 0.15) is 19.8 Å². The lowest BCUT2D eigenvalue weighted by Gasteiger charge is -2.18. The SMILES string of the molecule is CC1CCCN1CC=CCN. The highest BCUT2D eigenvalue weighted by Crippen LogP contribution is 2.15. The zero-order valence-electron chi connectivity index (χ0n) is 7.29. The van der Waals surface area contributed by atoms with Crippen LogP contribution in [0.15, 0.2) is 12.2 Å². The lowest BCUT2D eigenvalue weighted by molar-refractivity contribution is 0.298. The first-order valence-electron chi connectivity index (χ1n) is 4.43. The lowest BCUT2D eigenvalue weighted by atomic mass is 10.2. The molecule has 64 valence electrons. The number of likely N-dealkylation sites (tertiary alicyclic amines) is 1. The summed E-state index contributed by atoms with van der Waals surface area (Å²) in [6, 6.07) is 0.775. The van der Waals surface area contributed by atoms with Gasteiger partial charge in [-0.2, -0.15) is 0 Å². The fourth-order valence-electron chi connectivity index (χ4n) is 1.57. The van der Waals surface area contributed by atoms with E-state index in [-0.39, 0.29) is 0 Å². The van der Waals surface area contributed by atoms with Crippen molar-refractivity contribution in [2.24, 2.45) is 5.73 Å². The van der Waals surface area contributed by atoms with Crippen molar-refractivity contribution >= 4 is 0 Å². The second kappa shape index (κ2) is 4.52. The molecule has 2 N–H and O–H groups in total. The fraction of sp³-hybridized carbons (Fsp3) is 0.778. The highest BCUT2D eigenvalue weighted by atomic mass is 15.2. The van der Waals surface area contributed by atoms with E-state index >= 15 is 0 Å². The average Bonchev–Trinajstić information content (AvgIpc) is 2.37. The molecule has 2 nitrogen and oxygen atoms in total. The van der Waals surface area contributed by atoms with Crippen LogP contribution in [0.5, 0.6) is 0 Å². The monoisotopic (exact) mass is 154 g/mol. The smallest absolute Gasteiger partial charge is 0.0166 e. The van der Waals surface area contributed by atoms with E-state index in [1.54, 1.807) is 0 Å². The van der Waals surface area contributed by atoms with Gasteiger partial charge >= 0.3 is 0 Å². The maximum absolute atomic E-state index is 5.34. The fourth-order valence-corrected chi connectivity index (χ4v) is 1.57. The van der Waals surface area contributed by atoms with E-state index in [2.05, 4.69) is 17.9 Å². The van der Waals surface area contributed by atoms with Crippen LogP contribution in [0.3, 0.4) is 0 Å². The summed E-state index contributed by atoms with van der Waals surface area (Å²) in [5.41, 5.74) is 5.34. The second-order valence-electron chi connectivity index (χ2n) is 3.19. The van der Waals surface area contributed by atoms with Crippen LogP contribution >= 0.6 is 0 Å². The summed E-state index contributed by atoms with van der Waals surface area (Å²) < 4.78 is 0. The molecule has 0 aromatic rings. The van der Waals surface area contributed by atoms with Gasteiger partial charge in [0, 0.05) is 19.1 Å². The van der Waals surface area contributed by atoms with Crippen LogP contribution in [0, 0.1) is 0 Å². The Kier molecular flexibility index (Phi) is 3.60. The third-order valence-corrected chi connectivity index (χ3v) is 2.33. The molecule has 2 heteroatoms. The molecule has 0 amide bonds. The molecule has 1 rings (SSSR count). The summed E-state index contributed by atoms with van der Waals surface area (Å²) in [6.45, 7) is 5.31. The van der Waals surface area contributed by atoms with E-state index < -0.39 is 0 Å². The molecule has 1 unspecified atom stereocenters. The minimum Gasteiger partial charge on any atom is -0.327 e. The van der Waals surface area contributed by atoms with Gasteiger partial charge in [0.05, 0.1) is 0 Å². The average molecular weight is 154 g/mol. The number of rotatable bonds is 3. The Balaban J connectivity index is 2.20. The number of hydrogen-bond donors (Lipinski definition) is 1. The quantitative estimate of drug-likeness (QED) is 0.614. The first-order valence-corrected chi connectivity index (χ1v) is 4.43. The van der Waals surface area contributed by atoms with Crippen LogP contribution in [-0.4, -0.2) is 30.6 Å². The largest absolute Gasteiger partial charge is 0.327 e. The predicted octanol–water partition coefficient (Wildman–Crippen LogP) is 0.986. The Labute approximate surface area is 69.1 Å². The summed E-state index contributed by atoms with van der Waals surface area (Å²) in [5.74, 6) is 0. The molecule has 0 spiro atoms. The van der Waals surface area contributed by atoms with Gasteiger partial charge in [0.25, 0.3) is 0 Å². The summed E-state index contributed by atoms with van der Waals surface area (Å²) in [4.78, 5) is 2.49. The van der Waals surface area contributed by atoms with Crippen LogP contribution in [0.25, 0.3) is 0 Å². The van der Waals surface area contributed by atoms with Crippen LogP contribution < -0.4 is 5.73 Å². The van der Waals surface area contributed by atoms with E-state index in [9.17, 15) is 0 Å². The van der Waals surface area contributed by atoms with Crippen molar-refractivity contribution in [1.82, 2.24) is 4.90 Å². The van der Waals surface area contributed by atoms with Gasteiger partial charge in [0.2, 0.25) is 0 Å². The van der Waals surface area contributed by atoms with Crippen LogP contribution in [-0.2, 0) is 0 Å². The molecule has 1 saturated heterocycles. The molecule has 0 aliphatic carbocycles. The zero-order chi connectivity index (χ0) is 8.10. The lowest BCUT2D eigenvalue weighted by Crippen LogP contribution is -2.26. The summed E-state index contributed by atoms with van der Waals surface area (Å²) in [7, 11) is 0. The molecule has 1 atom stereocenters. The van der Waals surface area contributed by atoms with Gasteiger partial charge in [-0.3, -0.25) is 4.90 Å².